The number of rotatable bonds is 9. The van der Waals surface area contributed by atoms with E-state index < -0.39 is 5.91 Å². The molecule has 9 nitrogen and oxygen atoms in total. The largest absolute Gasteiger partial charge is 0.369 e. The van der Waals surface area contributed by atoms with Gasteiger partial charge in [-0.05, 0) is 37.2 Å². The summed E-state index contributed by atoms with van der Waals surface area (Å²) >= 11 is 0. The summed E-state index contributed by atoms with van der Waals surface area (Å²) in [5, 5.41) is 2.12. The number of hydrogen-bond donors (Lipinski definition) is 1. The topological polar surface area (TPSA) is 82.6 Å². The van der Waals surface area contributed by atoms with Gasteiger partial charge in [0.1, 0.15) is 5.65 Å². The molecule has 2 N–H and O–H groups in total. The molecule has 2 fully saturated rings. The lowest BCUT2D eigenvalue weighted by Crippen LogP contribution is -2.49. The van der Waals surface area contributed by atoms with Crippen LogP contribution in [-0.4, -0.2) is 102 Å². The summed E-state index contributed by atoms with van der Waals surface area (Å²) in [4.78, 5) is 29.9. The number of carbonyl (C=O) groups excluding carboxylic acids is 1. The van der Waals surface area contributed by atoms with Crippen molar-refractivity contribution in [2.75, 3.05) is 77.0 Å². The van der Waals surface area contributed by atoms with Crippen LogP contribution >= 0.6 is 0 Å². The van der Waals surface area contributed by atoms with Gasteiger partial charge in [-0.25, -0.2) is 4.98 Å². The number of nitrogens with two attached hydrogens (primary N) is 1. The predicted octanol–water partition coefficient (Wildman–Crippen LogP) is 2.18. The zero-order chi connectivity index (χ0) is 24.9. The number of nitrogens with zero attached hydrogens (tertiary/aromatic N) is 6. The van der Waals surface area contributed by atoms with Crippen molar-refractivity contribution >= 4 is 17.2 Å². The highest BCUT2D eigenvalue weighted by molar-refractivity contribution is 5.98. The van der Waals surface area contributed by atoms with Crippen LogP contribution in [0.3, 0.4) is 0 Å². The second-order valence-electron chi connectivity index (χ2n) is 9.62. The number of amides is 1. The molecule has 5 rings (SSSR count). The molecule has 1 aromatic carbocycles. The summed E-state index contributed by atoms with van der Waals surface area (Å²) in [6.07, 6.45) is 5.04. The highest BCUT2D eigenvalue weighted by Gasteiger charge is 2.20. The van der Waals surface area contributed by atoms with Gasteiger partial charge in [0.2, 0.25) is 0 Å². The molecule has 2 saturated heterocycles. The summed E-state index contributed by atoms with van der Waals surface area (Å²) in [5.41, 5.74) is 9.54. The molecule has 9 heteroatoms. The lowest BCUT2D eigenvalue weighted by atomic mass is 10.1. The molecule has 2 aliphatic heterocycles. The maximum absolute atomic E-state index is 11.7. The van der Waals surface area contributed by atoms with E-state index in [9.17, 15) is 4.79 Å². The van der Waals surface area contributed by atoms with Crippen molar-refractivity contribution in [2.24, 2.45) is 5.73 Å². The Morgan fingerprint density at radius 2 is 1.64 bits per heavy atom. The number of anilines is 1. The van der Waals surface area contributed by atoms with E-state index in [4.69, 9.17) is 10.6 Å². The highest BCUT2D eigenvalue weighted by atomic mass is 16.7. The van der Waals surface area contributed by atoms with Crippen LogP contribution in [0.5, 0.6) is 0 Å². The van der Waals surface area contributed by atoms with Crippen molar-refractivity contribution in [2.45, 2.75) is 13.3 Å². The molecule has 4 heterocycles. The van der Waals surface area contributed by atoms with Crippen LogP contribution in [0.2, 0.25) is 0 Å². The van der Waals surface area contributed by atoms with Gasteiger partial charge < -0.3 is 19.9 Å². The lowest BCUT2D eigenvalue weighted by molar-refractivity contribution is -0.165. The molecule has 36 heavy (non-hydrogen) atoms. The van der Waals surface area contributed by atoms with Gasteiger partial charge in [-0.2, -0.15) is 5.06 Å². The quantitative estimate of drug-likeness (QED) is 0.491. The maximum atomic E-state index is 11.7. The van der Waals surface area contributed by atoms with E-state index in [2.05, 4.69) is 55.9 Å². The maximum Gasteiger partial charge on any atom is 0.252 e. The molecular formula is C27H37N7O2. The van der Waals surface area contributed by atoms with E-state index in [1.807, 2.05) is 16.8 Å². The molecule has 3 aromatic rings. The number of imidazole rings is 1. The summed E-state index contributed by atoms with van der Waals surface area (Å²) in [7, 11) is 0. The summed E-state index contributed by atoms with van der Waals surface area (Å²) in [5.74, 6) is -0.471. The Kier molecular flexibility index (Phi) is 7.81. The fourth-order valence-corrected chi connectivity index (χ4v) is 5.11. The third kappa shape index (κ3) is 5.70. The fraction of sp³-hybridized carbons (Fsp3) is 0.481. The number of fused-ring (bicyclic) bond motifs is 1. The number of carbonyl (C=O) groups is 1. The summed E-state index contributed by atoms with van der Waals surface area (Å²) in [6, 6.07) is 12.0. The molecule has 0 spiro atoms. The van der Waals surface area contributed by atoms with Crippen LogP contribution in [0.1, 0.15) is 23.7 Å². The zero-order valence-corrected chi connectivity index (χ0v) is 21.2. The number of aromatic nitrogens is 2. The van der Waals surface area contributed by atoms with Crippen molar-refractivity contribution in [1.82, 2.24) is 24.2 Å². The molecule has 0 aliphatic carbocycles. The highest BCUT2D eigenvalue weighted by Crippen LogP contribution is 2.25. The smallest absolute Gasteiger partial charge is 0.252 e. The van der Waals surface area contributed by atoms with E-state index in [1.165, 1.54) is 31.7 Å². The number of pyridine rings is 1. The minimum atomic E-state index is -0.471. The van der Waals surface area contributed by atoms with Crippen molar-refractivity contribution in [3.8, 4) is 11.3 Å². The van der Waals surface area contributed by atoms with E-state index >= 15 is 0 Å². The normalized spacial score (nSPS) is 18.2. The Labute approximate surface area is 213 Å². The van der Waals surface area contributed by atoms with Gasteiger partial charge in [0.05, 0.1) is 17.9 Å². The first-order valence-corrected chi connectivity index (χ1v) is 13.1. The fourth-order valence-electron chi connectivity index (χ4n) is 5.11. The first-order valence-electron chi connectivity index (χ1n) is 13.1. The lowest BCUT2D eigenvalue weighted by Gasteiger charge is -2.37. The molecule has 0 unspecified atom stereocenters. The third-order valence-corrected chi connectivity index (χ3v) is 7.20. The minimum absolute atomic E-state index is 0.426. The van der Waals surface area contributed by atoms with Crippen LogP contribution in [-0.2, 0) is 4.84 Å². The molecule has 0 radical (unpaired) electrons. The molecular weight excluding hydrogens is 454 g/mol. The van der Waals surface area contributed by atoms with Crippen molar-refractivity contribution in [3.05, 3.63) is 54.4 Å². The van der Waals surface area contributed by atoms with E-state index in [1.54, 1.807) is 12.1 Å². The minimum Gasteiger partial charge on any atom is -0.369 e. The second-order valence-corrected chi connectivity index (χ2v) is 9.62. The first kappa shape index (κ1) is 24.7. The average molecular weight is 492 g/mol. The molecule has 0 atom stereocenters. The Balaban J connectivity index is 1.09. The summed E-state index contributed by atoms with van der Waals surface area (Å²) in [6.45, 7) is 13.6. The number of piperazine rings is 2. The summed E-state index contributed by atoms with van der Waals surface area (Å²) < 4.78 is 1.84. The van der Waals surface area contributed by atoms with Crippen LogP contribution in [0.25, 0.3) is 16.9 Å². The van der Waals surface area contributed by atoms with Gasteiger partial charge in [-0.3, -0.25) is 14.5 Å². The zero-order valence-electron chi connectivity index (χ0n) is 21.2. The molecule has 2 aromatic heterocycles. The van der Waals surface area contributed by atoms with E-state index in [0.717, 1.165) is 63.7 Å². The van der Waals surface area contributed by atoms with Crippen molar-refractivity contribution in [3.63, 3.8) is 0 Å². The van der Waals surface area contributed by atoms with Crippen molar-refractivity contribution < 1.29 is 9.63 Å². The van der Waals surface area contributed by atoms with Crippen molar-refractivity contribution in [1.29, 1.82) is 0 Å². The standard InChI is InChI=1S/C27H37N7O2/c1-2-9-30-11-13-31(14-12-30)19-20-36-34-17-15-32(16-18-34)23-7-5-22(6-8-23)25-21-33-10-3-4-24(26(28)35)27(33)29-25/h3-8,10,21H,2,9,11-20H2,1H3,(H2,28,35). The number of hydroxylamine groups is 2. The van der Waals surface area contributed by atoms with E-state index in [-0.39, 0.29) is 0 Å². The predicted molar refractivity (Wildman–Crippen MR) is 142 cm³/mol. The average Bonchev–Trinajstić information content (AvgIpc) is 3.35. The van der Waals surface area contributed by atoms with Crippen LogP contribution in [0, 0.1) is 0 Å². The first-order chi connectivity index (χ1) is 17.6. The molecule has 2 aliphatic rings. The molecule has 1 amide bonds. The molecule has 0 bridgehead atoms. The second kappa shape index (κ2) is 11.4. The van der Waals surface area contributed by atoms with Gasteiger partial charge in [-0.1, -0.05) is 19.1 Å². The Morgan fingerprint density at radius 3 is 2.31 bits per heavy atom. The Morgan fingerprint density at radius 1 is 0.944 bits per heavy atom. The SMILES string of the molecule is CCCN1CCN(CCON2CCN(c3ccc(-c4cn5cccc(C(N)=O)c5n4)cc3)CC2)CC1. The Bertz CT molecular complexity index is 1150. The van der Waals surface area contributed by atoms with Gasteiger partial charge in [-0.15, -0.1) is 0 Å². The van der Waals surface area contributed by atoms with Gasteiger partial charge in [0.15, 0.2) is 0 Å². The molecule has 192 valence electrons. The number of hydrogen-bond acceptors (Lipinski definition) is 7. The van der Waals surface area contributed by atoms with Crippen LogP contribution < -0.4 is 10.6 Å². The van der Waals surface area contributed by atoms with Gasteiger partial charge in [0.25, 0.3) is 5.91 Å². The third-order valence-electron chi connectivity index (χ3n) is 7.20. The Hall–Kier alpha value is -2.98. The molecule has 0 saturated carbocycles. The number of benzene rings is 1. The van der Waals surface area contributed by atoms with Gasteiger partial charge >= 0.3 is 0 Å². The van der Waals surface area contributed by atoms with Crippen LogP contribution in [0.4, 0.5) is 5.69 Å². The van der Waals surface area contributed by atoms with Crippen LogP contribution in [0.15, 0.2) is 48.8 Å². The monoisotopic (exact) mass is 491 g/mol. The van der Waals surface area contributed by atoms with E-state index in [0.29, 0.717) is 11.2 Å². The number of primary amides is 1. The van der Waals surface area contributed by atoms with Gasteiger partial charge in [0, 0.05) is 82.5 Å².